The molecule has 0 saturated heterocycles. The molecule has 0 aliphatic rings. The number of hydrogen-bond acceptors (Lipinski definition) is 3. The summed E-state index contributed by atoms with van der Waals surface area (Å²) in [4.78, 5) is 17.9. The van der Waals surface area contributed by atoms with E-state index in [-0.39, 0.29) is 11.7 Å². The average molecular weight is 233 g/mol. The molecule has 0 saturated carbocycles. The van der Waals surface area contributed by atoms with Crippen LogP contribution in [-0.4, -0.2) is 38.4 Å². The van der Waals surface area contributed by atoms with Crippen LogP contribution in [0.4, 0.5) is 0 Å². The largest absolute Gasteiger partial charge is 0.504 e. The van der Waals surface area contributed by atoms with Gasteiger partial charge in [-0.15, -0.1) is 0 Å². The average Bonchev–Trinajstić information content (AvgIpc) is 2.76. The molecule has 5 nitrogen and oxygen atoms in total. The van der Waals surface area contributed by atoms with Crippen LogP contribution in [0.3, 0.4) is 0 Å². The molecule has 17 heavy (non-hydrogen) atoms. The van der Waals surface area contributed by atoms with Crippen molar-refractivity contribution in [2.75, 3.05) is 13.1 Å². The van der Waals surface area contributed by atoms with E-state index in [0.29, 0.717) is 24.4 Å². The van der Waals surface area contributed by atoms with Crippen LogP contribution in [-0.2, 0) is 0 Å². The van der Waals surface area contributed by atoms with Crippen molar-refractivity contribution in [3.05, 3.63) is 30.2 Å². The topological polar surface area (TPSA) is 57.8 Å². The molecule has 2 aromatic rings. The third-order valence-electron chi connectivity index (χ3n) is 2.73. The van der Waals surface area contributed by atoms with Crippen molar-refractivity contribution in [3.63, 3.8) is 0 Å². The van der Waals surface area contributed by atoms with E-state index in [4.69, 9.17) is 0 Å². The van der Waals surface area contributed by atoms with Crippen LogP contribution in [0.25, 0.3) is 5.65 Å². The van der Waals surface area contributed by atoms with E-state index in [1.54, 1.807) is 33.8 Å². The SMILES string of the molecule is CCN(CC)C(=O)c1cn2cccc(O)c2n1. The fourth-order valence-electron chi connectivity index (χ4n) is 1.77. The van der Waals surface area contributed by atoms with E-state index < -0.39 is 0 Å². The highest BCUT2D eigenvalue weighted by Gasteiger charge is 2.16. The zero-order valence-electron chi connectivity index (χ0n) is 9.92. The maximum atomic E-state index is 12.1. The van der Waals surface area contributed by atoms with E-state index in [2.05, 4.69) is 4.98 Å². The van der Waals surface area contributed by atoms with E-state index in [1.165, 1.54) is 0 Å². The molecule has 2 rings (SSSR count). The minimum atomic E-state index is -0.113. The summed E-state index contributed by atoms with van der Waals surface area (Å²) in [6, 6.07) is 3.25. The van der Waals surface area contributed by atoms with Gasteiger partial charge in [0.25, 0.3) is 5.91 Å². The number of imidazole rings is 1. The maximum Gasteiger partial charge on any atom is 0.274 e. The predicted octanol–water partition coefficient (Wildman–Crippen LogP) is 1.52. The quantitative estimate of drug-likeness (QED) is 0.874. The Morgan fingerprint density at radius 3 is 2.76 bits per heavy atom. The van der Waals surface area contributed by atoms with Crippen LogP contribution >= 0.6 is 0 Å². The second kappa shape index (κ2) is 4.45. The van der Waals surface area contributed by atoms with Gasteiger partial charge in [0.05, 0.1) is 0 Å². The lowest BCUT2D eigenvalue weighted by Crippen LogP contribution is -2.30. The van der Waals surface area contributed by atoms with E-state index in [9.17, 15) is 9.90 Å². The highest BCUT2D eigenvalue weighted by Crippen LogP contribution is 2.17. The molecule has 1 amide bonds. The van der Waals surface area contributed by atoms with Gasteiger partial charge in [-0.05, 0) is 26.0 Å². The van der Waals surface area contributed by atoms with Crippen molar-refractivity contribution >= 4 is 11.6 Å². The summed E-state index contributed by atoms with van der Waals surface area (Å²) in [6.07, 6.45) is 3.39. The van der Waals surface area contributed by atoms with Crippen LogP contribution in [0.15, 0.2) is 24.5 Å². The van der Waals surface area contributed by atoms with Gasteiger partial charge in [0, 0.05) is 25.5 Å². The lowest BCUT2D eigenvalue weighted by molar-refractivity contribution is 0.0768. The smallest absolute Gasteiger partial charge is 0.274 e. The summed E-state index contributed by atoms with van der Waals surface area (Å²) in [5.74, 6) is -0.0378. The number of aromatic nitrogens is 2. The first-order chi connectivity index (χ1) is 8.17. The number of rotatable bonds is 3. The zero-order valence-corrected chi connectivity index (χ0v) is 9.92. The third-order valence-corrected chi connectivity index (χ3v) is 2.73. The summed E-state index contributed by atoms with van der Waals surface area (Å²) in [5, 5.41) is 9.61. The number of aromatic hydroxyl groups is 1. The third kappa shape index (κ3) is 1.95. The fourth-order valence-corrected chi connectivity index (χ4v) is 1.77. The van der Waals surface area contributed by atoms with Gasteiger partial charge in [-0.3, -0.25) is 4.79 Å². The first kappa shape index (κ1) is 11.4. The number of nitrogens with zero attached hydrogens (tertiary/aromatic N) is 3. The maximum absolute atomic E-state index is 12.1. The van der Waals surface area contributed by atoms with Crippen molar-refractivity contribution in [3.8, 4) is 5.75 Å². The van der Waals surface area contributed by atoms with Crippen molar-refractivity contribution in [2.24, 2.45) is 0 Å². The monoisotopic (exact) mass is 233 g/mol. The van der Waals surface area contributed by atoms with Crippen LogP contribution < -0.4 is 0 Å². The summed E-state index contributed by atoms with van der Waals surface area (Å²) in [7, 11) is 0. The Kier molecular flexibility index (Phi) is 2.99. The minimum absolute atomic E-state index is 0.0751. The second-order valence-electron chi connectivity index (χ2n) is 3.73. The molecule has 0 fully saturated rings. The first-order valence-electron chi connectivity index (χ1n) is 5.63. The van der Waals surface area contributed by atoms with E-state index in [1.807, 2.05) is 13.8 Å². The number of carbonyl (C=O) groups is 1. The zero-order chi connectivity index (χ0) is 12.4. The van der Waals surface area contributed by atoms with Crippen molar-refractivity contribution in [1.82, 2.24) is 14.3 Å². The molecule has 0 unspecified atom stereocenters. The molecule has 0 bridgehead atoms. The minimum Gasteiger partial charge on any atom is -0.504 e. The first-order valence-corrected chi connectivity index (χ1v) is 5.63. The second-order valence-corrected chi connectivity index (χ2v) is 3.73. The lowest BCUT2D eigenvalue weighted by Gasteiger charge is -2.16. The highest BCUT2D eigenvalue weighted by atomic mass is 16.3. The van der Waals surface area contributed by atoms with Crippen LogP contribution in [0.2, 0.25) is 0 Å². The normalized spacial score (nSPS) is 10.7. The highest BCUT2D eigenvalue weighted by molar-refractivity contribution is 5.93. The molecule has 0 spiro atoms. The van der Waals surface area contributed by atoms with Crippen LogP contribution in [0, 0.1) is 0 Å². The predicted molar refractivity (Wildman–Crippen MR) is 64.1 cm³/mol. The summed E-state index contributed by atoms with van der Waals surface area (Å²) in [6.45, 7) is 5.15. The van der Waals surface area contributed by atoms with Crippen LogP contribution in [0.5, 0.6) is 5.75 Å². The number of hydrogen-bond donors (Lipinski definition) is 1. The molecule has 90 valence electrons. The summed E-state index contributed by atoms with van der Waals surface area (Å²) < 4.78 is 1.64. The van der Waals surface area contributed by atoms with E-state index in [0.717, 1.165) is 0 Å². The van der Waals surface area contributed by atoms with Gasteiger partial charge in [0.15, 0.2) is 11.4 Å². The molecule has 2 aromatic heterocycles. The van der Waals surface area contributed by atoms with Crippen molar-refractivity contribution < 1.29 is 9.90 Å². The number of amides is 1. The van der Waals surface area contributed by atoms with Crippen molar-refractivity contribution in [2.45, 2.75) is 13.8 Å². The van der Waals surface area contributed by atoms with Gasteiger partial charge in [0.2, 0.25) is 0 Å². The molecule has 0 radical (unpaired) electrons. The molecule has 1 N–H and O–H groups in total. The summed E-state index contributed by atoms with van der Waals surface area (Å²) in [5.41, 5.74) is 0.762. The molecular weight excluding hydrogens is 218 g/mol. The Balaban J connectivity index is 2.43. The van der Waals surface area contributed by atoms with Crippen LogP contribution in [0.1, 0.15) is 24.3 Å². The van der Waals surface area contributed by atoms with Gasteiger partial charge in [-0.25, -0.2) is 4.98 Å². The lowest BCUT2D eigenvalue weighted by atomic mass is 10.4. The summed E-state index contributed by atoms with van der Waals surface area (Å²) >= 11 is 0. The fraction of sp³-hybridized carbons (Fsp3) is 0.333. The standard InChI is InChI=1S/C12H15N3O2/c1-3-14(4-2)12(17)9-8-15-7-5-6-10(16)11(15)13-9/h5-8,16H,3-4H2,1-2H3. The Morgan fingerprint density at radius 2 is 2.18 bits per heavy atom. The molecule has 0 aliphatic carbocycles. The molecule has 2 heterocycles. The van der Waals surface area contributed by atoms with E-state index >= 15 is 0 Å². The molecule has 5 heteroatoms. The number of carbonyl (C=O) groups excluding carboxylic acids is 1. The van der Waals surface area contributed by atoms with Gasteiger partial charge >= 0.3 is 0 Å². The van der Waals surface area contributed by atoms with Gasteiger partial charge in [-0.2, -0.15) is 0 Å². The Bertz CT molecular complexity index is 544. The number of pyridine rings is 1. The Hall–Kier alpha value is -2.04. The number of fused-ring (bicyclic) bond motifs is 1. The van der Waals surface area contributed by atoms with Gasteiger partial charge in [0.1, 0.15) is 5.69 Å². The molecule has 0 aromatic carbocycles. The Labute approximate surface area is 99.3 Å². The van der Waals surface area contributed by atoms with Gasteiger partial charge < -0.3 is 14.4 Å². The van der Waals surface area contributed by atoms with Crippen molar-refractivity contribution in [1.29, 1.82) is 0 Å². The molecular formula is C12H15N3O2. The molecule has 0 atom stereocenters. The molecule has 0 aliphatic heterocycles. The Morgan fingerprint density at radius 1 is 1.47 bits per heavy atom. The van der Waals surface area contributed by atoms with Gasteiger partial charge in [-0.1, -0.05) is 0 Å².